The third-order valence-corrected chi connectivity index (χ3v) is 8.74. The van der Waals surface area contributed by atoms with Gasteiger partial charge in [-0.1, -0.05) is 20.6 Å². The predicted molar refractivity (Wildman–Crippen MR) is 165 cm³/mol. The van der Waals surface area contributed by atoms with E-state index in [1.807, 2.05) is 39.8 Å². The van der Waals surface area contributed by atoms with Gasteiger partial charge in [0.05, 0.1) is 26.0 Å². The molecule has 13 heteroatoms. The molecule has 4 saturated carbocycles. The zero-order valence-electron chi connectivity index (χ0n) is 23.8. The second kappa shape index (κ2) is 15.0. The average Bonchev–Trinajstić information content (AvgIpc) is 3.79. The molecule has 9 nitrogen and oxygen atoms in total. The number of rotatable bonds is 4. The predicted octanol–water partition coefficient (Wildman–Crippen LogP) is 9.15. The van der Waals surface area contributed by atoms with Crippen molar-refractivity contribution in [1.29, 1.82) is 0 Å². The summed E-state index contributed by atoms with van der Waals surface area (Å²) in [5.41, 5.74) is 4.21. The number of aryl methyl sites for hydroxylation is 4. The van der Waals surface area contributed by atoms with Gasteiger partial charge in [0.1, 0.15) is 23.0 Å². The molecule has 0 bridgehead atoms. The molecule has 0 N–H and O–H groups in total. The third kappa shape index (κ3) is 10.1. The molecule has 4 heterocycles. The Morgan fingerprint density at radius 1 is 0.732 bits per heavy atom. The normalized spacial score (nSPS) is 17.0. The van der Waals surface area contributed by atoms with Crippen LogP contribution < -0.4 is 0 Å². The van der Waals surface area contributed by atoms with Crippen LogP contribution in [-0.4, -0.2) is 28.3 Å². The Morgan fingerprint density at radius 3 is 1.73 bits per heavy atom. The molecular weight excluding hydrogens is 673 g/mol. The Morgan fingerprint density at radius 2 is 1.34 bits per heavy atom. The SMILES string of the molecule is Cc1cc(C2CC2)no1.Cc1cc(C2CC2)on1.Cc1noc(C2CC2)c1Br.Cc1onc(C2CC2)c1Br.[B]=NS. The first-order valence-corrected chi connectivity index (χ1v) is 15.8. The first-order valence-electron chi connectivity index (χ1n) is 13.9. The first kappa shape index (κ1) is 31.9. The number of hydrogen-bond donors (Lipinski definition) is 1. The van der Waals surface area contributed by atoms with Gasteiger partial charge in [0.15, 0.2) is 5.76 Å². The van der Waals surface area contributed by atoms with Crippen molar-refractivity contribution in [2.45, 2.75) is 103 Å². The van der Waals surface area contributed by atoms with Gasteiger partial charge in [-0.2, -0.15) is 0 Å². The maximum absolute atomic E-state index is 5.12. The Bertz CT molecular complexity index is 1300. The van der Waals surface area contributed by atoms with E-state index in [1.54, 1.807) is 0 Å². The van der Waals surface area contributed by atoms with Gasteiger partial charge >= 0.3 is 24.8 Å². The van der Waals surface area contributed by atoms with Crippen LogP contribution in [0.4, 0.5) is 0 Å². The van der Waals surface area contributed by atoms with E-state index >= 15 is 0 Å². The summed E-state index contributed by atoms with van der Waals surface area (Å²) in [6.07, 6.45) is 10.2. The third-order valence-electron chi connectivity index (χ3n) is 6.81. The molecule has 219 valence electrons. The van der Waals surface area contributed by atoms with E-state index in [4.69, 9.17) is 18.1 Å². The van der Waals surface area contributed by atoms with Crippen LogP contribution in [0.5, 0.6) is 0 Å². The van der Waals surface area contributed by atoms with Crippen LogP contribution in [0, 0.1) is 27.7 Å². The van der Waals surface area contributed by atoms with Gasteiger partial charge in [-0.05, 0) is 111 Å². The molecule has 4 aromatic rings. The minimum absolute atomic E-state index is 0.649. The maximum atomic E-state index is 5.12. The van der Waals surface area contributed by atoms with E-state index in [0.717, 1.165) is 60.7 Å². The molecule has 0 saturated heterocycles. The Balaban J connectivity index is 0.000000122. The summed E-state index contributed by atoms with van der Waals surface area (Å²) in [5, 5.41) is 15.5. The summed E-state index contributed by atoms with van der Waals surface area (Å²) in [5.74, 6) is 6.68. The van der Waals surface area contributed by atoms with E-state index in [-0.39, 0.29) is 0 Å². The molecule has 8 rings (SSSR count). The molecule has 0 spiro atoms. The molecule has 0 aromatic carbocycles. The number of nitrogens with zero attached hydrogens (tertiary/aromatic N) is 5. The Hall–Kier alpha value is -1.99. The average molecular weight is 708 g/mol. The van der Waals surface area contributed by atoms with Crippen molar-refractivity contribution in [3.05, 3.63) is 66.9 Å². The fraction of sp³-hybridized carbons (Fsp3) is 0.571. The van der Waals surface area contributed by atoms with E-state index in [0.29, 0.717) is 17.8 Å². The van der Waals surface area contributed by atoms with Crippen molar-refractivity contribution in [3.63, 3.8) is 0 Å². The molecule has 0 aliphatic heterocycles. The zero-order valence-corrected chi connectivity index (χ0v) is 27.8. The number of aromatic nitrogens is 4. The van der Waals surface area contributed by atoms with Crippen LogP contribution in [0.25, 0.3) is 0 Å². The second-order valence-electron chi connectivity index (χ2n) is 10.8. The summed E-state index contributed by atoms with van der Waals surface area (Å²) < 4.78 is 24.9. The standard InChI is InChI=1S/2C7H8BrNO.2C7H9NO.BHNS/c1-4-6(8)7(9-10-4)5-2-3-5;1-4-6(8)7(10-9-4)5-2-3-5;1-5-4-7(8-9-5)6-2-3-6;1-5-4-7(9-8-5)6-2-3-6;1-2-3/h2*5H,2-3H2,1H3;2*4,6H,2-3H2,1H3;3H. The van der Waals surface area contributed by atoms with Crippen LogP contribution in [0.3, 0.4) is 0 Å². The van der Waals surface area contributed by atoms with Gasteiger partial charge in [0.25, 0.3) is 0 Å². The van der Waals surface area contributed by atoms with E-state index < -0.39 is 0 Å². The first-order chi connectivity index (χ1) is 19.7. The van der Waals surface area contributed by atoms with Crippen LogP contribution in [-0.2, 0) is 0 Å². The fourth-order valence-corrected chi connectivity index (χ4v) is 4.80. The summed E-state index contributed by atoms with van der Waals surface area (Å²) >= 11 is 10.1. The molecular formula is C28H35BBr2N5O4S. The summed E-state index contributed by atoms with van der Waals surface area (Å²) in [6.45, 7) is 7.75. The molecule has 41 heavy (non-hydrogen) atoms. The Kier molecular flexibility index (Phi) is 11.7. The number of thiol groups is 1. The van der Waals surface area contributed by atoms with Gasteiger partial charge in [0, 0.05) is 35.8 Å². The van der Waals surface area contributed by atoms with Gasteiger partial charge in [-0.15, -0.1) is 0 Å². The molecule has 0 amide bonds. The summed E-state index contributed by atoms with van der Waals surface area (Å²) in [4.78, 5) is 0. The molecule has 1 radical (unpaired) electrons. The number of halogens is 2. The second-order valence-corrected chi connectivity index (χ2v) is 12.6. The minimum atomic E-state index is 0.649. The van der Waals surface area contributed by atoms with Crippen LogP contribution in [0.15, 0.2) is 43.5 Å². The zero-order chi connectivity index (χ0) is 29.5. The summed E-state index contributed by atoms with van der Waals surface area (Å²) in [7, 11) is 4.34. The van der Waals surface area contributed by atoms with Crippen molar-refractivity contribution >= 4 is 52.3 Å². The molecule has 0 atom stereocenters. The Labute approximate surface area is 263 Å². The number of hydrogen-bond acceptors (Lipinski definition) is 10. The van der Waals surface area contributed by atoms with Crippen LogP contribution >= 0.6 is 44.7 Å². The summed E-state index contributed by atoms with van der Waals surface area (Å²) in [6, 6.07) is 4.05. The van der Waals surface area contributed by atoms with Gasteiger partial charge in [-0.25, -0.2) is 0 Å². The van der Waals surface area contributed by atoms with Crippen molar-refractivity contribution in [1.82, 2.24) is 20.6 Å². The van der Waals surface area contributed by atoms with Crippen LogP contribution in [0.2, 0.25) is 0 Å². The molecule has 4 aliphatic rings. The molecule has 4 aliphatic carbocycles. The van der Waals surface area contributed by atoms with Gasteiger partial charge in [-0.3, -0.25) is 0 Å². The van der Waals surface area contributed by atoms with Crippen molar-refractivity contribution < 1.29 is 18.1 Å². The van der Waals surface area contributed by atoms with E-state index in [1.165, 1.54) is 51.4 Å². The molecule has 4 fully saturated rings. The monoisotopic (exact) mass is 706 g/mol. The van der Waals surface area contributed by atoms with Crippen molar-refractivity contribution in [3.8, 4) is 0 Å². The van der Waals surface area contributed by atoms with Crippen molar-refractivity contribution in [2.24, 2.45) is 4.30 Å². The topological polar surface area (TPSA) is 116 Å². The van der Waals surface area contributed by atoms with E-state index in [2.05, 4.69) is 77.2 Å². The fourth-order valence-electron chi connectivity index (χ4n) is 3.86. The quantitative estimate of drug-likeness (QED) is 0.165. The molecule has 4 aromatic heterocycles. The van der Waals surface area contributed by atoms with E-state index in [9.17, 15) is 0 Å². The van der Waals surface area contributed by atoms with Gasteiger partial charge in [0.2, 0.25) is 0 Å². The molecule has 0 unspecified atom stereocenters. The van der Waals surface area contributed by atoms with Crippen molar-refractivity contribution in [2.75, 3.05) is 0 Å². The van der Waals surface area contributed by atoms with Gasteiger partial charge < -0.3 is 18.1 Å². The van der Waals surface area contributed by atoms with Crippen LogP contribution in [0.1, 0.15) is 121 Å².